The van der Waals surface area contributed by atoms with Gasteiger partial charge in [-0.05, 0) is 43.2 Å². The van der Waals surface area contributed by atoms with Crippen molar-refractivity contribution in [3.63, 3.8) is 0 Å². The molecule has 0 radical (unpaired) electrons. The minimum atomic E-state index is -0.344. The van der Waals surface area contributed by atoms with E-state index in [4.69, 9.17) is 0 Å². The monoisotopic (exact) mass is 421 g/mol. The Hall–Kier alpha value is -3.55. The molecule has 160 valence electrons. The number of hydrogen-bond donors (Lipinski definition) is 1. The molecule has 2 heterocycles. The summed E-state index contributed by atoms with van der Waals surface area (Å²) in [4.78, 5) is 26.8. The number of carbonyl (C=O) groups excluding carboxylic acids is 2. The SMILES string of the molecule is Cc1c(C(=O)NCC2CC(=O)N(CCc3ccccc3)C2)nnn1-c1ccc(F)cc1. The van der Waals surface area contributed by atoms with Crippen LogP contribution in [0.1, 0.15) is 28.2 Å². The smallest absolute Gasteiger partial charge is 0.273 e. The molecule has 0 spiro atoms. The lowest BCUT2D eigenvalue weighted by atomic mass is 10.1. The summed E-state index contributed by atoms with van der Waals surface area (Å²) in [5.41, 5.74) is 2.61. The zero-order chi connectivity index (χ0) is 21.8. The molecule has 4 rings (SSSR count). The van der Waals surface area contributed by atoms with Crippen LogP contribution in [0.5, 0.6) is 0 Å². The van der Waals surface area contributed by atoms with Gasteiger partial charge in [0.05, 0.1) is 11.4 Å². The first-order chi connectivity index (χ1) is 15.0. The molecule has 0 aliphatic carbocycles. The topological polar surface area (TPSA) is 80.1 Å². The van der Waals surface area contributed by atoms with E-state index >= 15 is 0 Å². The van der Waals surface area contributed by atoms with Crippen molar-refractivity contribution in [2.24, 2.45) is 5.92 Å². The highest BCUT2D eigenvalue weighted by atomic mass is 19.1. The van der Waals surface area contributed by atoms with E-state index in [-0.39, 0.29) is 29.2 Å². The van der Waals surface area contributed by atoms with E-state index in [2.05, 4.69) is 27.8 Å². The normalized spacial score (nSPS) is 16.0. The van der Waals surface area contributed by atoms with Gasteiger partial charge in [-0.2, -0.15) is 0 Å². The molecule has 0 saturated carbocycles. The van der Waals surface area contributed by atoms with Crippen molar-refractivity contribution in [2.75, 3.05) is 19.6 Å². The highest BCUT2D eigenvalue weighted by molar-refractivity contribution is 5.93. The number of likely N-dealkylation sites (tertiary alicyclic amines) is 1. The average Bonchev–Trinajstić information content (AvgIpc) is 3.34. The van der Waals surface area contributed by atoms with E-state index < -0.39 is 0 Å². The van der Waals surface area contributed by atoms with Crippen molar-refractivity contribution in [3.05, 3.63) is 77.4 Å². The van der Waals surface area contributed by atoms with Crippen molar-refractivity contribution in [1.82, 2.24) is 25.2 Å². The van der Waals surface area contributed by atoms with Gasteiger partial charge in [0.1, 0.15) is 5.82 Å². The molecule has 3 aromatic rings. The standard InChI is InChI=1S/C23H24FN5O2/c1-16-22(26-27-29(16)20-9-7-19(24)8-10-20)23(31)25-14-18-13-21(30)28(15-18)12-11-17-5-3-2-4-6-17/h2-10,18H,11-15H2,1H3,(H,25,31). The third-order valence-corrected chi connectivity index (χ3v) is 5.54. The highest BCUT2D eigenvalue weighted by Crippen LogP contribution is 2.18. The molecule has 2 amide bonds. The fourth-order valence-electron chi connectivity index (χ4n) is 3.80. The molecule has 1 fully saturated rings. The zero-order valence-electron chi connectivity index (χ0n) is 17.3. The first-order valence-corrected chi connectivity index (χ1v) is 10.3. The minimum absolute atomic E-state index is 0.0691. The molecule has 1 aromatic heterocycles. The molecule has 1 saturated heterocycles. The van der Waals surface area contributed by atoms with Crippen LogP contribution >= 0.6 is 0 Å². The van der Waals surface area contributed by atoms with Crippen LogP contribution in [0.3, 0.4) is 0 Å². The Kier molecular flexibility index (Phi) is 6.06. The fraction of sp³-hybridized carbons (Fsp3) is 0.304. The number of amides is 2. The van der Waals surface area contributed by atoms with Gasteiger partial charge >= 0.3 is 0 Å². The quantitative estimate of drug-likeness (QED) is 0.636. The van der Waals surface area contributed by atoms with E-state index in [1.165, 1.54) is 22.4 Å². The highest BCUT2D eigenvalue weighted by Gasteiger charge is 2.30. The molecular formula is C23H24FN5O2. The predicted molar refractivity (Wildman–Crippen MR) is 113 cm³/mol. The number of benzene rings is 2. The van der Waals surface area contributed by atoms with Gasteiger partial charge in [0.25, 0.3) is 5.91 Å². The number of carbonyl (C=O) groups is 2. The van der Waals surface area contributed by atoms with E-state index in [1.807, 2.05) is 23.1 Å². The van der Waals surface area contributed by atoms with Gasteiger partial charge in [0.2, 0.25) is 5.91 Å². The molecule has 1 N–H and O–H groups in total. The summed E-state index contributed by atoms with van der Waals surface area (Å²) >= 11 is 0. The third-order valence-electron chi connectivity index (χ3n) is 5.54. The average molecular weight is 421 g/mol. The molecule has 2 aromatic carbocycles. The summed E-state index contributed by atoms with van der Waals surface area (Å²) in [7, 11) is 0. The van der Waals surface area contributed by atoms with Gasteiger partial charge in [0.15, 0.2) is 5.69 Å². The van der Waals surface area contributed by atoms with E-state index in [0.29, 0.717) is 37.4 Å². The Balaban J connectivity index is 1.31. The molecule has 1 aliphatic rings. The molecule has 1 unspecified atom stereocenters. The second-order valence-electron chi connectivity index (χ2n) is 7.77. The van der Waals surface area contributed by atoms with Crippen LogP contribution in [0, 0.1) is 18.7 Å². The summed E-state index contributed by atoms with van der Waals surface area (Å²) in [5, 5.41) is 10.9. The van der Waals surface area contributed by atoms with Gasteiger partial charge < -0.3 is 10.2 Å². The maximum atomic E-state index is 13.1. The molecule has 7 nitrogen and oxygen atoms in total. The van der Waals surface area contributed by atoms with Gasteiger partial charge in [-0.15, -0.1) is 5.10 Å². The molecule has 0 bridgehead atoms. The van der Waals surface area contributed by atoms with Gasteiger partial charge in [0, 0.05) is 32.0 Å². The maximum absolute atomic E-state index is 13.1. The number of hydrogen-bond acceptors (Lipinski definition) is 4. The Labute approximate surface area is 179 Å². The van der Waals surface area contributed by atoms with Crippen LogP contribution < -0.4 is 5.32 Å². The van der Waals surface area contributed by atoms with Gasteiger partial charge in [-0.25, -0.2) is 9.07 Å². The minimum Gasteiger partial charge on any atom is -0.350 e. The van der Waals surface area contributed by atoms with E-state index in [9.17, 15) is 14.0 Å². The summed E-state index contributed by atoms with van der Waals surface area (Å²) in [6.45, 7) is 3.45. The first-order valence-electron chi connectivity index (χ1n) is 10.3. The second kappa shape index (κ2) is 9.07. The summed E-state index contributed by atoms with van der Waals surface area (Å²) in [6, 6.07) is 15.9. The largest absolute Gasteiger partial charge is 0.350 e. The van der Waals surface area contributed by atoms with Crippen molar-refractivity contribution < 1.29 is 14.0 Å². The Morgan fingerprint density at radius 1 is 1.16 bits per heavy atom. The molecular weight excluding hydrogens is 397 g/mol. The third kappa shape index (κ3) is 4.79. The molecule has 31 heavy (non-hydrogen) atoms. The lowest BCUT2D eigenvalue weighted by Crippen LogP contribution is -2.32. The number of nitrogens with zero attached hydrogens (tertiary/aromatic N) is 4. The lowest BCUT2D eigenvalue weighted by Gasteiger charge is -2.16. The van der Waals surface area contributed by atoms with Crippen molar-refractivity contribution >= 4 is 11.8 Å². The number of aromatic nitrogens is 3. The van der Waals surface area contributed by atoms with E-state index in [0.717, 1.165) is 6.42 Å². The summed E-state index contributed by atoms with van der Waals surface area (Å²) < 4.78 is 14.6. The summed E-state index contributed by atoms with van der Waals surface area (Å²) in [6.07, 6.45) is 1.24. The fourth-order valence-corrected chi connectivity index (χ4v) is 3.80. The van der Waals surface area contributed by atoms with Gasteiger partial charge in [-0.1, -0.05) is 35.5 Å². The van der Waals surface area contributed by atoms with Crippen molar-refractivity contribution in [1.29, 1.82) is 0 Å². The molecule has 1 atom stereocenters. The van der Waals surface area contributed by atoms with Crippen LogP contribution in [-0.2, 0) is 11.2 Å². The summed E-state index contributed by atoms with van der Waals surface area (Å²) in [5.74, 6) is -0.488. The first kappa shape index (κ1) is 20.7. The van der Waals surface area contributed by atoms with Crippen LogP contribution in [-0.4, -0.2) is 51.3 Å². The Morgan fingerprint density at radius 3 is 2.65 bits per heavy atom. The van der Waals surface area contributed by atoms with Crippen LogP contribution in [0.4, 0.5) is 4.39 Å². The van der Waals surface area contributed by atoms with Crippen LogP contribution in [0.25, 0.3) is 5.69 Å². The lowest BCUT2D eigenvalue weighted by molar-refractivity contribution is -0.127. The Bertz CT molecular complexity index is 1070. The molecule has 8 heteroatoms. The second-order valence-corrected chi connectivity index (χ2v) is 7.77. The van der Waals surface area contributed by atoms with Crippen LogP contribution in [0.2, 0.25) is 0 Å². The maximum Gasteiger partial charge on any atom is 0.273 e. The van der Waals surface area contributed by atoms with Crippen LogP contribution in [0.15, 0.2) is 54.6 Å². The predicted octanol–water partition coefficient (Wildman–Crippen LogP) is 2.54. The number of halogens is 1. The number of rotatable bonds is 7. The molecule has 1 aliphatic heterocycles. The zero-order valence-corrected chi connectivity index (χ0v) is 17.3. The van der Waals surface area contributed by atoms with Crippen molar-refractivity contribution in [3.8, 4) is 5.69 Å². The van der Waals surface area contributed by atoms with Crippen molar-refractivity contribution in [2.45, 2.75) is 19.8 Å². The van der Waals surface area contributed by atoms with Gasteiger partial charge in [-0.3, -0.25) is 9.59 Å². The van der Waals surface area contributed by atoms with E-state index in [1.54, 1.807) is 19.1 Å². The number of nitrogens with one attached hydrogen (secondary N) is 1. The Morgan fingerprint density at radius 2 is 1.90 bits per heavy atom.